The van der Waals surface area contributed by atoms with E-state index in [0.29, 0.717) is 0 Å². The maximum atomic E-state index is 4.51. The lowest BCUT2D eigenvalue weighted by Gasteiger charge is -2.19. The summed E-state index contributed by atoms with van der Waals surface area (Å²) in [5.74, 6) is 1.13. The Morgan fingerprint density at radius 1 is 1.26 bits per heavy atom. The molecular formula is C15H19N3S. The average Bonchev–Trinajstić information content (AvgIpc) is 2.74. The number of hydrogen-bond acceptors (Lipinski definition) is 4. The lowest BCUT2D eigenvalue weighted by molar-refractivity contribution is 0.272. The Morgan fingerprint density at radius 3 is 2.95 bits per heavy atom. The van der Waals surface area contributed by atoms with Crippen molar-refractivity contribution in [3.05, 3.63) is 45.8 Å². The van der Waals surface area contributed by atoms with Crippen molar-refractivity contribution in [3.63, 3.8) is 0 Å². The molecule has 2 aromatic heterocycles. The molecule has 0 amide bonds. The van der Waals surface area contributed by atoms with Crippen LogP contribution in [0.5, 0.6) is 0 Å². The van der Waals surface area contributed by atoms with Gasteiger partial charge in [0, 0.05) is 54.7 Å². The second-order valence-electron chi connectivity index (χ2n) is 5.13. The topological polar surface area (TPSA) is 19.4 Å². The number of anilines is 1. The first-order chi connectivity index (χ1) is 9.22. The van der Waals surface area contributed by atoms with Crippen molar-refractivity contribution >= 4 is 17.2 Å². The fourth-order valence-electron chi connectivity index (χ4n) is 2.54. The summed E-state index contributed by atoms with van der Waals surface area (Å²) >= 11 is 1.90. The Morgan fingerprint density at radius 2 is 2.16 bits per heavy atom. The van der Waals surface area contributed by atoms with Crippen LogP contribution in [0.2, 0.25) is 0 Å². The molecule has 3 nitrogen and oxygen atoms in total. The maximum absolute atomic E-state index is 4.51. The van der Waals surface area contributed by atoms with Crippen molar-refractivity contribution in [2.24, 2.45) is 0 Å². The molecule has 0 atom stereocenters. The van der Waals surface area contributed by atoms with E-state index in [1.54, 1.807) is 0 Å². The Labute approximate surface area is 118 Å². The number of pyridine rings is 1. The number of fused-ring (bicyclic) bond motifs is 1. The van der Waals surface area contributed by atoms with Crippen LogP contribution in [0.4, 0.5) is 5.82 Å². The van der Waals surface area contributed by atoms with Crippen molar-refractivity contribution in [3.8, 4) is 0 Å². The third kappa shape index (κ3) is 2.80. The fraction of sp³-hybridized carbons (Fsp3) is 0.400. The van der Waals surface area contributed by atoms with E-state index in [1.165, 1.54) is 15.3 Å². The number of thiophene rings is 1. The van der Waals surface area contributed by atoms with E-state index in [-0.39, 0.29) is 0 Å². The first kappa shape index (κ1) is 12.6. The summed E-state index contributed by atoms with van der Waals surface area (Å²) in [5.41, 5.74) is 1.33. The number of aromatic nitrogens is 1. The zero-order valence-electron chi connectivity index (χ0n) is 11.5. The van der Waals surface area contributed by atoms with Gasteiger partial charge in [-0.05, 0) is 25.1 Å². The molecule has 19 heavy (non-hydrogen) atoms. The number of rotatable bonds is 2. The summed E-state index contributed by atoms with van der Waals surface area (Å²) in [6.07, 6.45) is 1.88. The molecule has 100 valence electrons. The van der Waals surface area contributed by atoms with Crippen LogP contribution in [0.1, 0.15) is 15.3 Å². The minimum absolute atomic E-state index is 0.991. The Hall–Kier alpha value is -1.39. The van der Waals surface area contributed by atoms with Crippen LogP contribution in [-0.2, 0) is 13.1 Å². The molecule has 0 aromatic carbocycles. The van der Waals surface area contributed by atoms with Crippen LogP contribution in [0.15, 0.2) is 30.5 Å². The quantitative estimate of drug-likeness (QED) is 0.838. The van der Waals surface area contributed by atoms with Gasteiger partial charge in [-0.25, -0.2) is 4.98 Å². The van der Waals surface area contributed by atoms with Gasteiger partial charge in [0.1, 0.15) is 5.82 Å². The minimum Gasteiger partial charge on any atom is -0.358 e. The van der Waals surface area contributed by atoms with E-state index in [9.17, 15) is 0 Å². The van der Waals surface area contributed by atoms with Crippen molar-refractivity contribution < 1.29 is 0 Å². The fourth-order valence-corrected chi connectivity index (χ4v) is 3.47. The molecule has 0 aliphatic carbocycles. The highest BCUT2D eigenvalue weighted by atomic mass is 32.1. The summed E-state index contributed by atoms with van der Waals surface area (Å²) in [7, 11) is 2.13. The number of aryl methyl sites for hydroxylation is 1. The van der Waals surface area contributed by atoms with Gasteiger partial charge in [0.2, 0.25) is 0 Å². The molecular weight excluding hydrogens is 254 g/mol. The Bertz CT molecular complexity index is 564. The molecule has 0 bridgehead atoms. The third-order valence-corrected chi connectivity index (χ3v) is 4.54. The first-order valence-corrected chi connectivity index (χ1v) is 7.47. The van der Waals surface area contributed by atoms with Crippen molar-refractivity contribution in [2.45, 2.75) is 20.0 Å². The summed E-state index contributed by atoms with van der Waals surface area (Å²) in [4.78, 5) is 12.1. The molecule has 0 N–H and O–H groups in total. The van der Waals surface area contributed by atoms with E-state index in [4.69, 9.17) is 0 Å². The van der Waals surface area contributed by atoms with Gasteiger partial charge in [0.25, 0.3) is 0 Å². The van der Waals surface area contributed by atoms with Crippen molar-refractivity contribution in [1.82, 2.24) is 9.88 Å². The van der Waals surface area contributed by atoms with Crippen LogP contribution in [0, 0.1) is 6.92 Å². The van der Waals surface area contributed by atoms with Crippen LogP contribution in [0.25, 0.3) is 0 Å². The van der Waals surface area contributed by atoms with Crippen LogP contribution < -0.4 is 4.90 Å². The highest BCUT2D eigenvalue weighted by Gasteiger charge is 2.18. The normalized spacial score (nSPS) is 16.2. The van der Waals surface area contributed by atoms with E-state index < -0.39 is 0 Å². The summed E-state index contributed by atoms with van der Waals surface area (Å²) < 4.78 is 0. The molecule has 3 rings (SSSR count). The molecule has 0 spiro atoms. The van der Waals surface area contributed by atoms with Gasteiger partial charge in [0.15, 0.2) is 0 Å². The average molecular weight is 273 g/mol. The number of nitrogens with zero attached hydrogens (tertiary/aromatic N) is 3. The summed E-state index contributed by atoms with van der Waals surface area (Å²) in [6.45, 7) is 6.33. The SMILES string of the molecule is Cc1ccc(CN2CCN(C)c3ncccc3C2)s1. The van der Waals surface area contributed by atoms with Gasteiger partial charge in [-0.3, -0.25) is 4.90 Å². The van der Waals surface area contributed by atoms with Crippen LogP contribution in [-0.4, -0.2) is 30.0 Å². The molecule has 0 unspecified atom stereocenters. The lowest BCUT2D eigenvalue weighted by Crippen LogP contribution is -2.28. The molecule has 3 heterocycles. The van der Waals surface area contributed by atoms with Crippen LogP contribution >= 0.6 is 11.3 Å². The van der Waals surface area contributed by atoms with Gasteiger partial charge >= 0.3 is 0 Å². The van der Waals surface area contributed by atoms with E-state index in [0.717, 1.165) is 32.0 Å². The molecule has 4 heteroatoms. The second kappa shape index (κ2) is 5.31. The zero-order valence-corrected chi connectivity index (χ0v) is 12.3. The minimum atomic E-state index is 0.991. The standard InChI is InChI=1S/C15H19N3S/c1-12-5-6-14(19-12)11-18-9-8-17(2)15-13(10-18)4-3-7-16-15/h3-7H,8-11H2,1-2H3. The summed E-state index contributed by atoms with van der Waals surface area (Å²) in [6, 6.07) is 8.68. The van der Waals surface area contributed by atoms with Crippen molar-refractivity contribution in [1.29, 1.82) is 0 Å². The second-order valence-corrected chi connectivity index (χ2v) is 6.50. The van der Waals surface area contributed by atoms with E-state index >= 15 is 0 Å². The molecule has 0 radical (unpaired) electrons. The zero-order chi connectivity index (χ0) is 13.2. The van der Waals surface area contributed by atoms with Gasteiger partial charge in [0.05, 0.1) is 0 Å². The van der Waals surface area contributed by atoms with Gasteiger partial charge < -0.3 is 4.90 Å². The van der Waals surface area contributed by atoms with Crippen molar-refractivity contribution in [2.75, 3.05) is 25.0 Å². The first-order valence-electron chi connectivity index (χ1n) is 6.65. The molecule has 0 fully saturated rings. The number of hydrogen-bond donors (Lipinski definition) is 0. The number of likely N-dealkylation sites (N-methyl/N-ethyl adjacent to an activating group) is 1. The molecule has 1 aliphatic heterocycles. The Balaban J connectivity index is 1.79. The third-order valence-electron chi connectivity index (χ3n) is 3.55. The van der Waals surface area contributed by atoms with Gasteiger partial charge in [-0.15, -0.1) is 11.3 Å². The predicted octanol–water partition coefficient (Wildman–Crippen LogP) is 2.90. The van der Waals surface area contributed by atoms with E-state index in [2.05, 4.69) is 47.0 Å². The molecule has 0 saturated carbocycles. The lowest BCUT2D eigenvalue weighted by atomic mass is 10.2. The molecule has 1 aliphatic rings. The molecule has 0 saturated heterocycles. The molecule has 2 aromatic rings. The van der Waals surface area contributed by atoms with E-state index in [1.807, 2.05) is 23.6 Å². The maximum Gasteiger partial charge on any atom is 0.132 e. The monoisotopic (exact) mass is 273 g/mol. The highest BCUT2D eigenvalue weighted by Crippen LogP contribution is 2.24. The predicted molar refractivity (Wildman–Crippen MR) is 80.7 cm³/mol. The Kier molecular flexibility index (Phi) is 3.53. The van der Waals surface area contributed by atoms with Gasteiger partial charge in [-0.2, -0.15) is 0 Å². The largest absolute Gasteiger partial charge is 0.358 e. The highest BCUT2D eigenvalue weighted by molar-refractivity contribution is 7.11. The van der Waals surface area contributed by atoms with Crippen LogP contribution in [0.3, 0.4) is 0 Å². The summed E-state index contributed by atoms with van der Waals surface area (Å²) in [5, 5.41) is 0. The smallest absolute Gasteiger partial charge is 0.132 e. The van der Waals surface area contributed by atoms with Gasteiger partial charge in [-0.1, -0.05) is 6.07 Å².